The van der Waals surface area contributed by atoms with Crippen LogP contribution in [-0.4, -0.2) is 17.9 Å². The number of aryl methyl sites for hydroxylation is 1. The van der Waals surface area contributed by atoms with Gasteiger partial charge in [0.2, 0.25) is 0 Å². The van der Waals surface area contributed by atoms with E-state index in [0.717, 1.165) is 5.56 Å². The van der Waals surface area contributed by atoms with Crippen LogP contribution in [0.15, 0.2) is 48.5 Å². The van der Waals surface area contributed by atoms with Gasteiger partial charge in [0.1, 0.15) is 5.92 Å². The van der Waals surface area contributed by atoms with Crippen molar-refractivity contribution >= 4 is 32.5 Å². The first kappa shape index (κ1) is 22.1. The van der Waals surface area contributed by atoms with Crippen LogP contribution in [0.4, 0.5) is 0 Å². The number of ether oxygens (including phenoxy) is 1. The maximum Gasteiger partial charge on any atom is 0.321 e. The summed E-state index contributed by atoms with van der Waals surface area (Å²) in [5.41, 5.74) is 1.72. The molecule has 0 aliphatic carbocycles. The fraction of sp³-hybridized carbons (Fsp3) is 0.300. The normalized spacial score (nSPS) is 12.5. The molecule has 3 atom stereocenters. The van der Waals surface area contributed by atoms with Crippen molar-refractivity contribution in [2.75, 3.05) is 0 Å². The van der Waals surface area contributed by atoms with Crippen molar-refractivity contribution < 1.29 is 18.9 Å². The van der Waals surface area contributed by atoms with Crippen LogP contribution in [0.5, 0.6) is 0 Å². The number of hydrogen-bond acceptors (Lipinski definition) is 4. The van der Waals surface area contributed by atoms with Crippen LogP contribution in [0.2, 0.25) is 5.02 Å². The highest BCUT2D eigenvalue weighted by Crippen LogP contribution is 2.29. The van der Waals surface area contributed by atoms with E-state index in [4.69, 9.17) is 20.9 Å². The lowest BCUT2D eigenvalue weighted by Crippen LogP contribution is -2.27. The van der Waals surface area contributed by atoms with Gasteiger partial charge >= 0.3 is 5.97 Å². The monoisotopic (exact) mass is 394 g/mol. The summed E-state index contributed by atoms with van der Waals surface area (Å²) in [4.78, 5) is 25.8. The van der Waals surface area contributed by atoms with E-state index in [1.165, 1.54) is 0 Å². The van der Waals surface area contributed by atoms with E-state index >= 15 is 0 Å². The lowest BCUT2D eigenvalue weighted by atomic mass is 9.89. The highest BCUT2D eigenvalue weighted by Gasteiger charge is 2.33. The molecule has 0 bridgehead atoms. The zero-order valence-electron chi connectivity index (χ0n) is 15.2. The van der Waals surface area contributed by atoms with Crippen molar-refractivity contribution in [2.24, 2.45) is 0 Å². The molecule has 2 rings (SSSR count). The Hall–Kier alpha value is -1.90. The molecule has 2 aromatic carbocycles. The average molecular weight is 395 g/mol. The molecule has 140 valence electrons. The van der Waals surface area contributed by atoms with Gasteiger partial charge in [-0.25, -0.2) is 0 Å². The number of Topliss-reactive ketones (excluding diaryl/α,β-unsaturated/α-hetero) is 1. The number of esters is 1. The molecule has 0 amide bonds. The second-order valence-corrected chi connectivity index (χ2v) is 6.20. The predicted octanol–water partition coefficient (Wildman–Crippen LogP) is 4.90. The number of hydrogen-bond donors (Lipinski definition) is 0. The lowest BCUT2D eigenvalue weighted by Gasteiger charge is -2.19. The molecule has 0 radical (unpaired) electrons. The molecule has 0 spiro atoms. The quantitative estimate of drug-likeness (QED) is 0.303. The van der Waals surface area contributed by atoms with Crippen LogP contribution in [0.25, 0.3) is 0 Å². The van der Waals surface area contributed by atoms with Crippen molar-refractivity contribution in [1.29, 1.82) is 0 Å². The van der Waals surface area contributed by atoms with Crippen LogP contribution in [-0.2, 0) is 14.1 Å². The van der Waals surface area contributed by atoms with E-state index < -0.39 is 11.9 Å². The summed E-state index contributed by atoms with van der Waals surface area (Å²) in [5.74, 6) is -1.89. The van der Waals surface area contributed by atoms with Gasteiger partial charge in [0.15, 0.2) is 5.78 Å². The molecule has 2 aromatic rings. The third-order valence-electron chi connectivity index (χ3n) is 3.99. The first-order chi connectivity index (χ1) is 12.5. The molecule has 6 heteroatoms. The minimum absolute atomic E-state index is 0.246. The molecule has 0 fully saturated rings. The fourth-order valence-corrected chi connectivity index (χ4v) is 2.79. The van der Waals surface area contributed by atoms with Gasteiger partial charge in [0.25, 0.3) is 0 Å². The maximum absolute atomic E-state index is 13.1. The van der Waals surface area contributed by atoms with Gasteiger partial charge in [-0.15, -0.1) is 0 Å². The van der Waals surface area contributed by atoms with Crippen LogP contribution in [0.3, 0.4) is 0 Å². The summed E-state index contributed by atoms with van der Waals surface area (Å²) >= 11 is 6.22. The summed E-state index contributed by atoms with van der Waals surface area (Å²) < 4.78 is 13.7. The third kappa shape index (κ3) is 5.55. The highest BCUT2D eigenvalue weighted by atomic mass is 35.5. The molecule has 0 aromatic heterocycles. The molecule has 0 N–H and O–H groups in total. The minimum atomic E-state index is -1.01. The standard InChI is InChI=1S/C20H21ClO3.H3OP/c1-4-14(3)24-20(23)18(15-10-6-5-7-11-15)19(22)17-13(2)9-8-12-16(17)21;1-2/h5-12,14,18H,4H2,1-3H3;2H3. The Balaban J connectivity index is 0.00000163. The van der Waals surface area contributed by atoms with Crippen LogP contribution < -0.4 is 0 Å². The number of halogens is 1. The van der Waals surface area contributed by atoms with Gasteiger partial charge < -0.3 is 9.30 Å². The number of ketones is 1. The van der Waals surface area contributed by atoms with E-state index in [-0.39, 0.29) is 11.9 Å². The minimum Gasteiger partial charge on any atom is -0.462 e. The smallest absolute Gasteiger partial charge is 0.321 e. The van der Waals surface area contributed by atoms with Gasteiger partial charge in [0, 0.05) is 5.56 Å². The molecule has 0 saturated heterocycles. The maximum atomic E-state index is 13.1. The van der Waals surface area contributed by atoms with E-state index in [2.05, 4.69) is 0 Å². The molecule has 0 heterocycles. The van der Waals surface area contributed by atoms with E-state index in [9.17, 15) is 9.59 Å². The zero-order chi connectivity index (χ0) is 19.7. The Kier molecular flexibility index (Phi) is 9.32. The molecule has 0 aliphatic rings. The van der Waals surface area contributed by atoms with Crippen molar-refractivity contribution in [3.8, 4) is 0 Å². The summed E-state index contributed by atoms with van der Waals surface area (Å²) in [5, 5.41) is 0.345. The van der Waals surface area contributed by atoms with E-state index in [1.807, 2.05) is 19.9 Å². The number of carbonyl (C=O) groups excluding carboxylic acids is 2. The lowest BCUT2D eigenvalue weighted by molar-refractivity contribution is -0.148. The Morgan fingerprint density at radius 3 is 2.23 bits per heavy atom. The Morgan fingerprint density at radius 2 is 1.69 bits per heavy atom. The fourth-order valence-electron chi connectivity index (χ4n) is 2.48. The number of rotatable bonds is 6. The average Bonchev–Trinajstić information content (AvgIpc) is 2.64. The van der Waals surface area contributed by atoms with Crippen LogP contribution >= 0.6 is 20.7 Å². The molecule has 26 heavy (non-hydrogen) atoms. The predicted molar refractivity (Wildman–Crippen MR) is 107 cm³/mol. The molecule has 0 saturated carbocycles. The van der Waals surface area contributed by atoms with Crippen LogP contribution in [0, 0.1) is 6.92 Å². The van der Waals surface area contributed by atoms with Crippen LogP contribution in [0.1, 0.15) is 47.7 Å². The van der Waals surface area contributed by atoms with Crippen molar-refractivity contribution in [2.45, 2.75) is 39.2 Å². The zero-order valence-corrected chi connectivity index (χ0v) is 17.4. The third-order valence-corrected chi connectivity index (χ3v) is 4.31. The van der Waals surface area contributed by atoms with Gasteiger partial charge in [-0.2, -0.15) is 0 Å². The Morgan fingerprint density at radius 1 is 1.08 bits per heavy atom. The van der Waals surface area contributed by atoms with Gasteiger partial charge in [-0.3, -0.25) is 9.59 Å². The van der Waals surface area contributed by atoms with Crippen molar-refractivity contribution in [3.63, 3.8) is 0 Å². The molecule has 3 unspecified atom stereocenters. The number of carbonyl (C=O) groups is 2. The largest absolute Gasteiger partial charge is 0.462 e. The first-order valence-electron chi connectivity index (χ1n) is 8.29. The molecular formula is C20H24ClO4P. The van der Waals surface area contributed by atoms with E-state index in [1.54, 1.807) is 49.4 Å². The number of benzene rings is 2. The highest BCUT2D eigenvalue weighted by molar-refractivity contribution is 7.00. The first-order valence-corrected chi connectivity index (χ1v) is 9.24. The van der Waals surface area contributed by atoms with E-state index in [0.29, 0.717) is 31.7 Å². The second-order valence-electron chi connectivity index (χ2n) is 5.80. The molecular weight excluding hydrogens is 371 g/mol. The topological polar surface area (TPSA) is 60.4 Å². The summed E-state index contributed by atoms with van der Waals surface area (Å²) in [6.45, 7) is 5.54. The summed E-state index contributed by atoms with van der Waals surface area (Å²) in [6.07, 6.45) is 0.441. The molecule has 0 aliphatic heterocycles. The van der Waals surface area contributed by atoms with Crippen molar-refractivity contribution in [1.82, 2.24) is 0 Å². The SMILES string of the molecule is CCC(C)OC(=O)C(C(=O)c1c(C)cccc1Cl)c1ccccc1.O=[PH3]. The Labute approximate surface area is 161 Å². The van der Waals surface area contributed by atoms with Crippen molar-refractivity contribution in [3.05, 3.63) is 70.2 Å². The van der Waals surface area contributed by atoms with Gasteiger partial charge in [0.05, 0.1) is 20.2 Å². The molecule has 4 nitrogen and oxygen atoms in total. The van der Waals surface area contributed by atoms with Gasteiger partial charge in [-0.1, -0.05) is 61.0 Å². The Bertz CT molecular complexity index is 728. The van der Waals surface area contributed by atoms with Gasteiger partial charge in [-0.05, 0) is 37.5 Å². The second kappa shape index (κ2) is 10.9. The summed E-state index contributed by atoms with van der Waals surface area (Å²) in [7, 11) is 0.611. The summed E-state index contributed by atoms with van der Waals surface area (Å²) in [6, 6.07) is 14.2.